The lowest BCUT2D eigenvalue weighted by Gasteiger charge is -2.32. The summed E-state index contributed by atoms with van der Waals surface area (Å²) in [4.78, 5) is 23.3. The number of hydrogen-bond donors (Lipinski definition) is 3. The number of morpholine rings is 1. The van der Waals surface area contributed by atoms with Gasteiger partial charge in [-0.3, -0.25) is 14.7 Å². The predicted octanol–water partition coefficient (Wildman–Crippen LogP) is 4.32. The molecule has 1 atom stereocenters. The van der Waals surface area contributed by atoms with Crippen LogP contribution >= 0.6 is 0 Å². The van der Waals surface area contributed by atoms with Crippen LogP contribution in [0.3, 0.4) is 0 Å². The second kappa shape index (κ2) is 19.9. The van der Waals surface area contributed by atoms with E-state index in [-0.39, 0.29) is 6.41 Å². The van der Waals surface area contributed by atoms with Gasteiger partial charge in [0, 0.05) is 19.1 Å². The molecule has 4 rings (SSSR count). The Kier molecular flexibility index (Phi) is 17.2. The second-order valence-electron chi connectivity index (χ2n) is 8.72. The van der Waals surface area contributed by atoms with Gasteiger partial charge in [-0.25, -0.2) is 9.97 Å². The molecular weight excluding hydrogens is 478 g/mol. The maximum Gasteiger partial charge on any atom is 0.204 e. The molecule has 0 spiro atoms. The van der Waals surface area contributed by atoms with Crippen molar-refractivity contribution in [2.24, 2.45) is 10.7 Å². The second-order valence-corrected chi connectivity index (χ2v) is 8.72. The monoisotopic (exact) mass is 525 g/mol. The number of allylic oxidation sites excluding steroid dienone is 2. The number of anilines is 1. The zero-order valence-electron chi connectivity index (χ0n) is 23.7. The molecule has 5 N–H and O–H groups in total. The molecule has 1 amide bonds. The maximum absolute atomic E-state index is 8.58. The van der Waals surface area contributed by atoms with Crippen LogP contribution in [-0.4, -0.2) is 67.4 Å². The Morgan fingerprint density at radius 1 is 1.16 bits per heavy atom. The molecule has 0 bridgehead atoms. The van der Waals surface area contributed by atoms with E-state index in [0.717, 1.165) is 44.0 Å². The number of piperidine rings is 1. The molecule has 38 heavy (non-hydrogen) atoms. The molecule has 1 aromatic carbocycles. The third-order valence-electron chi connectivity index (χ3n) is 6.29. The van der Waals surface area contributed by atoms with Crippen molar-refractivity contribution in [3.8, 4) is 0 Å². The minimum atomic E-state index is 0.250. The van der Waals surface area contributed by atoms with Gasteiger partial charge >= 0.3 is 0 Å². The molecule has 2 aliphatic rings. The summed E-state index contributed by atoms with van der Waals surface area (Å²) in [5, 5.41) is 3.28. The molecule has 9 heteroatoms. The smallest absolute Gasteiger partial charge is 0.204 e. The third-order valence-corrected chi connectivity index (χ3v) is 6.29. The van der Waals surface area contributed by atoms with E-state index in [2.05, 4.69) is 74.9 Å². The van der Waals surface area contributed by atoms with Crippen molar-refractivity contribution in [1.82, 2.24) is 20.2 Å². The number of nitrogens with two attached hydrogens (primary N) is 2. The Bertz CT molecular complexity index is 942. The molecule has 2 aromatic rings. The van der Waals surface area contributed by atoms with Gasteiger partial charge in [-0.05, 0) is 69.6 Å². The maximum atomic E-state index is 8.58. The van der Waals surface area contributed by atoms with E-state index < -0.39 is 0 Å². The molecule has 2 saturated heterocycles. The highest BCUT2D eigenvalue weighted by molar-refractivity contribution is 5.77. The fraction of sp³-hybridized carbons (Fsp3) is 0.517. The number of carbonyl (C=O) groups excluding carboxylic acids is 1. The van der Waals surface area contributed by atoms with Crippen LogP contribution in [0, 0.1) is 0 Å². The first-order chi connectivity index (χ1) is 18.5. The lowest BCUT2D eigenvalue weighted by Crippen LogP contribution is -2.37. The number of primary amides is 1. The van der Waals surface area contributed by atoms with Crippen molar-refractivity contribution in [1.29, 1.82) is 0 Å². The highest BCUT2D eigenvalue weighted by atomic mass is 16.5. The number of nitrogens with zero attached hydrogens (tertiary/aromatic N) is 4. The molecule has 0 radical (unpaired) electrons. The van der Waals surface area contributed by atoms with Gasteiger partial charge in [-0.15, -0.1) is 0 Å². The highest BCUT2D eigenvalue weighted by Gasteiger charge is 2.18. The Morgan fingerprint density at radius 2 is 1.76 bits per heavy atom. The van der Waals surface area contributed by atoms with Gasteiger partial charge in [0.25, 0.3) is 0 Å². The summed E-state index contributed by atoms with van der Waals surface area (Å²) in [6, 6.07) is 9.23. The Morgan fingerprint density at radius 3 is 2.26 bits per heavy atom. The topological polar surface area (TPSA) is 132 Å². The van der Waals surface area contributed by atoms with Crippen molar-refractivity contribution in [3.05, 3.63) is 53.5 Å². The summed E-state index contributed by atoms with van der Waals surface area (Å²) >= 11 is 0. The molecule has 1 unspecified atom stereocenters. The van der Waals surface area contributed by atoms with Crippen LogP contribution in [0.15, 0.2) is 41.7 Å². The molecule has 0 aliphatic carbocycles. The van der Waals surface area contributed by atoms with E-state index in [1.807, 2.05) is 20.8 Å². The summed E-state index contributed by atoms with van der Waals surface area (Å²) in [6.45, 7) is 18.0. The van der Waals surface area contributed by atoms with Crippen LogP contribution in [-0.2, 0) is 16.0 Å². The van der Waals surface area contributed by atoms with Gasteiger partial charge in [0.15, 0.2) is 5.82 Å². The Hall–Kier alpha value is -3.14. The summed E-state index contributed by atoms with van der Waals surface area (Å²) < 4.78 is 5.44. The number of amides is 1. The average Bonchev–Trinajstić information content (AvgIpc) is 2.99. The number of carbonyl (C=O) groups is 1. The first kappa shape index (κ1) is 32.9. The van der Waals surface area contributed by atoms with Crippen LogP contribution in [0.5, 0.6) is 0 Å². The molecule has 9 nitrogen and oxygen atoms in total. The van der Waals surface area contributed by atoms with Crippen LogP contribution in [0.2, 0.25) is 0 Å². The van der Waals surface area contributed by atoms with Crippen molar-refractivity contribution < 1.29 is 9.53 Å². The van der Waals surface area contributed by atoms with E-state index in [1.165, 1.54) is 49.8 Å². The van der Waals surface area contributed by atoms with Gasteiger partial charge in [0.1, 0.15) is 12.0 Å². The minimum Gasteiger partial charge on any atom is -0.382 e. The summed E-state index contributed by atoms with van der Waals surface area (Å²) in [6.07, 6.45) is 8.88. The number of benzene rings is 1. The van der Waals surface area contributed by atoms with Crippen LogP contribution in [0.1, 0.15) is 69.8 Å². The predicted molar refractivity (Wildman–Crippen MR) is 159 cm³/mol. The quantitative estimate of drug-likeness (QED) is 0.378. The molecule has 3 heterocycles. The molecule has 210 valence electrons. The van der Waals surface area contributed by atoms with Crippen molar-refractivity contribution in [2.45, 2.75) is 59.4 Å². The largest absolute Gasteiger partial charge is 0.382 e. The van der Waals surface area contributed by atoms with Crippen molar-refractivity contribution in [3.63, 3.8) is 0 Å². The lowest BCUT2D eigenvalue weighted by molar-refractivity contribution is -0.106. The number of ether oxygens (including phenoxy) is 1. The van der Waals surface area contributed by atoms with E-state index in [4.69, 9.17) is 15.3 Å². The Labute approximate surface area is 228 Å². The molecule has 2 aliphatic heterocycles. The van der Waals surface area contributed by atoms with Crippen LogP contribution in [0.4, 0.5) is 11.5 Å². The summed E-state index contributed by atoms with van der Waals surface area (Å²) in [5.74, 6) is 0.351. The third kappa shape index (κ3) is 11.5. The minimum absolute atomic E-state index is 0.250. The van der Waals surface area contributed by atoms with Crippen molar-refractivity contribution >= 4 is 30.2 Å². The number of rotatable bonds is 6. The zero-order chi connectivity index (χ0) is 28.2. The van der Waals surface area contributed by atoms with E-state index in [0.29, 0.717) is 17.5 Å². The summed E-state index contributed by atoms with van der Waals surface area (Å²) in [5.41, 5.74) is 14.9. The average molecular weight is 526 g/mol. The normalized spacial score (nSPS) is 16.3. The van der Waals surface area contributed by atoms with Gasteiger partial charge in [-0.2, -0.15) is 0 Å². The number of nitrogen functional groups attached to an aromatic ring is 1. The fourth-order valence-corrected chi connectivity index (χ4v) is 4.11. The van der Waals surface area contributed by atoms with E-state index in [9.17, 15) is 0 Å². The van der Waals surface area contributed by atoms with Gasteiger partial charge in [0.2, 0.25) is 6.41 Å². The van der Waals surface area contributed by atoms with Gasteiger partial charge in [-0.1, -0.05) is 50.6 Å². The molecule has 2 fully saturated rings. The van der Waals surface area contributed by atoms with Crippen LogP contribution < -0.4 is 16.8 Å². The standard InChI is InChI=1S/C21H27N5O.C5H11N.C2H6.CH3NO/c1-15(19-20(23-3)21(22)25-14-24-19)4-5-17-6-8-18(9-7-17)16(2)26-10-12-27-13-11-26;1-2-4-6-5-3-1;1-2;2-1-3/h4,6-9,14,16H,3,5,10-13H2,1-2H3,(H2,22,24,25);6H,1-5H2;1-2H3;1H,(H2,2,3)/b15-4-;;;. The number of nitrogens with one attached hydrogen (secondary N) is 1. The van der Waals surface area contributed by atoms with E-state index >= 15 is 0 Å². The van der Waals surface area contributed by atoms with Gasteiger partial charge < -0.3 is 21.5 Å². The molecule has 1 aromatic heterocycles. The van der Waals surface area contributed by atoms with E-state index in [1.54, 1.807) is 0 Å². The zero-order valence-corrected chi connectivity index (χ0v) is 23.7. The first-order valence-corrected chi connectivity index (χ1v) is 13.5. The molecular formula is C29H47N7O2. The number of aliphatic imine (C=N–C) groups is 1. The highest BCUT2D eigenvalue weighted by Crippen LogP contribution is 2.28. The lowest BCUT2D eigenvalue weighted by atomic mass is 10.0. The number of hydrogen-bond acceptors (Lipinski definition) is 8. The summed E-state index contributed by atoms with van der Waals surface area (Å²) in [7, 11) is 0. The SMILES string of the molecule is C1CCNCC1.C=Nc1c(N)ncnc1/C(C)=C\Cc1ccc(C(C)N2CCOCC2)cc1.CC.NC=O. The van der Waals surface area contributed by atoms with Crippen molar-refractivity contribution in [2.75, 3.05) is 45.1 Å². The Balaban J connectivity index is 0.000000553. The van der Waals surface area contributed by atoms with Gasteiger partial charge in [0.05, 0.1) is 18.9 Å². The fourth-order valence-electron chi connectivity index (χ4n) is 4.11. The van der Waals surface area contributed by atoms with Crippen LogP contribution in [0.25, 0.3) is 5.57 Å². The molecule has 0 saturated carbocycles. The number of aromatic nitrogens is 2. The first-order valence-electron chi connectivity index (χ1n) is 13.5.